The molecule has 3 aromatic rings. The summed E-state index contributed by atoms with van der Waals surface area (Å²) in [5.74, 6) is 2.08. The molecule has 2 aromatic carbocycles. The van der Waals surface area contributed by atoms with Crippen LogP contribution in [0.15, 0.2) is 54.6 Å². The first-order valence-corrected chi connectivity index (χ1v) is 7.25. The molecule has 0 radical (unpaired) electrons. The van der Waals surface area contributed by atoms with Crippen molar-refractivity contribution in [2.24, 2.45) is 0 Å². The fraction of sp³-hybridized carbons (Fsp3) is 0.222. The van der Waals surface area contributed by atoms with E-state index in [0.717, 1.165) is 22.9 Å². The first kappa shape index (κ1) is 13.6. The molecule has 21 heavy (non-hydrogen) atoms. The van der Waals surface area contributed by atoms with Crippen LogP contribution in [0.25, 0.3) is 17.1 Å². The molecule has 0 atom stereocenters. The van der Waals surface area contributed by atoms with Crippen LogP contribution in [0.1, 0.15) is 31.2 Å². The minimum absolute atomic E-state index is 0.314. The zero-order valence-corrected chi connectivity index (χ0v) is 12.6. The van der Waals surface area contributed by atoms with E-state index >= 15 is 0 Å². The monoisotopic (exact) mass is 277 g/mol. The van der Waals surface area contributed by atoms with Crippen molar-refractivity contribution >= 4 is 0 Å². The predicted molar refractivity (Wildman–Crippen MR) is 85.6 cm³/mol. The lowest BCUT2D eigenvalue weighted by Crippen LogP contribution is -2.06. The molecule has 0 N–H and O–H groups in total. The lowest BCUT2D eigenvalue weighted by atomic mass is 10.1. The lowest BCUT2D eigenvalue weighted by Gasteiger charge is -2.10. The maximum atomic E-state index is 4.75. The average molecular weight is 277 g/mol. The largest absolute Gasteiger partial charge is 0.217 e. The summed E-state index contributed by atoms with van der Waals surface area (Å²) in [6, 6.07) is 18.4. The average Bonchev–Trinajstić information content (AvgIpc) is 2.94. The van der Waals surface area contributed by atoms with E-state index in [1.165, 1.54) is 5.56 Å². The highest BCUT2D eigenvalue weighted by Gasteiger charge is 2.16. The Hall–Kier alpha value is -2.42. The molecule has 0 saturated carbocycles. The van der Waals surface area contributed by atoms with E-state index in [9.17, 15) is 0 Å². The van der Waals surface area contributed by atoms with Gasteiger partial charge in [-0.15, -0.1) is 5.10 Å². The van der Waals surface area contributed by atoms with Crippen molar-refractivity contribution in [1.29, 1.82) is 0 Å². The molecule has 0 aliphatic rings. The van der Waals surface area contributed by atoms with Crippen LogP contribution >= 0.6 is 0 Å². The SMILES string of the molecule is Cc1ccccc1-n1nc(-c2ccccc2)nc1C(C)C. The van der Waals surface area contributed by atoms with E-state index in [0.29, 0.717) is 5.92 Å². The summed E-state index contributed by atoms with van der Waals surface area (Å²) in [5, 5.41) is 4.74. The molecule has 0 fully saturated rings. The molecule has 0 aliphatic carbocycles. The van der Waals surface area contributed by atoms with Crippen molar-refractivity contribution in [2.75, 3.05) is 0 Å². The second-order valence-corrected chi connectivity index (χ2v) is 5.51. The maximum Gasteiger partial charge on any atom is 0.181 e. The second-order valence-electron chi connectivity index (χ2n) is 5.51. The summed E-state index contributed by atoms with van der Waals surface area (Å²) >= 11 is 0. The quantitative estimate of drug-likeness (QED) is 0.712. The van der Waals surface area contributed by atoms with Gasteiger partial charge in [0.2, 0.25) is 0 Å². The van der Waals surface area contributed by atoms with Gasteiger partial charge in [0, 0.05) is 11.5 Å². The molecule has 0 aliphatic heterocycles. The summed E-state index contributed by atoms with van der Waals surface area (Å²) in [4.78, 5) is 4.75. The van der Waals surface area contributed by atoms with Crippen molar-refractivity contribution in [2.45, 2.75) is 26.7 Å². The van der Waals surface area contributed by atoms with Crippen LogP contribution in [0.5, 0.6) is 0 Å². The smallest absolute Gasteiger partial charge is 0.181 e. The number of para-hydroxylation sites is 1. The number of hydrogen-bond acceptors (Lipinski definition) is 2. The van der Waals surface area contributed by atoms with Gasteiger partial charge in [-0.3, -0.25) is 0 Å². The third kappa shape index (κ3) is 2.59. The van der Waals surface area contributed by atoms with Crippen molar-refractivity contribution in [3.05, 3.63) is 66.0 Å². The highest BCUT2D eigenvalue weighted by atomic mass is 15.4. The van der Waals surface area contributed by atoms with Gasteiger partial charge in [0.15, 0.2) is 5.82 Å². The Balaban J connectivity index is 2.17. The summed E-state index contributed by atoms with van der Waals surface area (Å²) < 4.78 is 1.97. The highest BCUT2D eigenvalue weighted by molar-refractivity contribution is 5.55. The van der Waals surface area contributed by atoms with E-state index in [1.807, 2.05) is 47.1 Å². The topological polar surface area (TPSA) is 30.7 Å². The summed E-state index contributed by atoms with van der Waals surface area (Å²) in [6.07, 6.45) is 0. The fourth-order valence-corrected chi connectivity index (χ4v) is 2.39. The number of nitrogens with zero attached hydrogens (tertiary/aromatic N) is 3. The van der Waals surface area contributed by atoms with Crippen molar-refractivity contribution < 1.29 is 0 Å². The highest BCUT2D eigenvalue weighted by Crippen LogP contribution is 2.23. The zero-order valence-electron chi connectivity index (χ0n) is 12.6. The van der Waals surface area contributed by atoms with Crippen LogP contribution in [-0.4, -0.2) is 14.8 Å². The van der Waals surface area contributed by atoms with Crippen LogP contribution in [0.4, 0.5) is 0 Å². The first-order valence-electron chi connectivity index (χ1n) is 7.25. The van der Waals surface area contributed by atoms with Gasteiger partial charge < -0.3 is 0 Å². The zero-order chi connectivity index (χ0) is 14.8. The van der Waals surface area contributed by atoms with Crippen LogP contribution in [0, 0.1) is 6.92 Å². The van der Waals surface area contributed by atoms with Gasteiger partial charge in [0.05, 0.1) is 5.69 Å². The fourth-order valence-electron chi connectivity index (χ4n) is 2.39. The third-order valence-corrected chi connectivity index (χ3v) is 3.52. The summed E-state index contributed by atoms with van der Waals surface area (Å²) in [5.41, 5.74) is 3.34. The Labute approximate surface area is 125 Å². The molecule has 3 heteroatoms. The van der Waals surface area contributed by atoms with E-state index in [4.69, 9.17) is 10.1 Å². The molecular weight excluding hydrogens is 258 g/mol. The van der Waals surface area contributed by atoms with E-state index < -0.39 is 0 Å². The van der Waals surface area contributed by atoms with Gasteiger partial charge >= 0.3 is 0 Å². The molecule has 0 amide bonds. The van der Waals surface area contributed by atoms with Gasteiger partial charge in [0.1, 0.15) is 5.82 Å². The van der Waals surface area contributed by atoms with Crippen LogP contribution in [0.3, 0.4) is 0 Å². The number of rotatable bonds is 3. The standard InChI is InChI=1S/C18H19N3/c1-13(2)18-19-17(15-10-5-4-6-11-15)20-21(18)16-12-8-7-9-14(16)3/h4-13H,1-3H3. The first-order chi connectivity index (χ1) is 10.2. The maximum absolute atomic E-state index is 4.75. The minimum atomic E-state index is 0.314. The second kappa shape index (κ2) is 5.52. The Kier molecular flexibility index (Phi) is 3.57. The molecule has 0 spiro atoms. The Morgan fingerprint density at radius 3 is 2.24 bits per heavy atom. The van der Waals surface area contributed by atoms with Crippen LogP contribution in [0.2, 0.25) is 0 Å². The summed E-state index contributed by atoms with van der Waals surface area (Å²) in [7, 11) is 0. The number of aromatic nitrogens is 3. The van der Waals surface area contributed by atoms with E-state index in [1.54, 1.807) is 0 Å². The van der Waals surface area contributed by atoms with Gasteiger partial charge in [-0.05, 0) is 18.6 Å². The molecular formula is C18H19N3. The summed E-state index contributed by atoms with van der Waals surface area (Å²) in [6.45, 7) is 6.39. The molecule has 106 valence electrons. The number of aryl methyl sites for hydroxylation is 1. The molecule has 1 heterocycles. The Bertz CT molecular complexity index is 742. The third-order valence-electron chi connectivity index (χ3n) is 3.52. The Morgan fingerprint density at radius 2 is 1.57 bits per heavy atom. The van der Waals surface area contributed by atoms with Gasteiger partial charge in [0.25, 0.3) is 0 Å². The molecule has 3 rings (SSSR count). The normalized spacial score (nSPS) is 11.0. The van der Waals surface area contributed by atoms with Crippen molar-refractivity contribution in [3.63, 3.8) is 0 Å². The molecule has 0 bridgehead atoms. The Morgan fingerprint density at radius 1 is 0.905 bits per heavy atom. The molecule has 0 saturated heterocycles. The van der Waals surface area contributed by atoms with Gasteiger partial charge in [-0.2, -0.15) is 0 Å². The van der Waals surface area contributed by atoms with E-state index in [2.05, 4.69) is 32.9 Å². The van der Waals surface area contributed by atoms with Gasteiger partial charge in [-0.25, -0.2) is 9.67 Å². The molecule has 3 nitrogen and oxygen atoms in total. The number of benzene rings is 2. The van der Waals surface area contributed by atoms with Crippen LogP contribution in [-0.2, 0) is 0 Å². The lowest BCUT2D eigenvalue weighted by molar-refractivity contribution is 0.712. The van der Waals surface area contributed by atoms with Gasteiger partial charge in [-0.1, -0.05) is 62.4 Å². The van der Waals surface area contributed by atoms with Crippen molar-refractivity contribution in [1.82, 2.24) is 14.8 Å². The van der Waals surface area contributed by atoms with Crippen LogP contribution < -0.4 is 0 Å². The van der Waals surface area contributed by atoms with Crippen molar-refractivity contribution in [3.8, 4) is 17.1 Å². The molecule has 1 aromatic heterocycles. The minimum Gasteiger partial charge on any atom is -0.217 e. The number of hydrogen-bond donors (Lipinski definition) is 0. The van der Waals surface area contributed by atoms with E-state index in [-0.39, 0.29) is 0 Å². The predicted octanol–water partition coefficient (Wildman–Crippen LogP) is 4.37. The molecule has 0 unspecified atom stereocenters.